The van der Waals surface area contributed by atoms with Crippen LogP contribution in [0.3, 0.4) is 0 Å². The molecule has 0 aliphatic rings. The van der Waals surface area contributed by atoms with E-state index in [0.717, 1.165) is 23.5 Å². The van der Waals surface area contributed by atoms with Crippen molar-refractivity contribution in [2.24, 2.45) is 0 Å². The van der Waals surface area contributed by atoms with Crippen LogP contribution in [0.1, 0.15) is 43.7 Å². The van der Waals surface area contributed by atoms with Crippen molar-refractivity contribution in [3.8, 4) is 5.75 Å². The topological polar surface area (TPSA) is 88.5 Å². The Morgan fingerprint density at radius 1 is 1.36 bits per heavy atom. The Morgan fingerprint density at radius 2 is 2.04 bits per heavy atom. The molecule has 0 saturated carbocycles. The van der Waals surface area contributed by atoms with Crippen LogP contribution in [0.2, 0.25) is 0 Å². The van der Waals surface area contributed by atoms with Crippen molar-refractivity contribution in [3.63, 3.8) is 0 Å². The van der Waals surface area contributed by atoms with E-state index in [0.29, 0.717) is 16.8 Å². The quantitative estimate of drug-likeness (QED) is 0.809. The summed E-state index contributed by atoms with van der Waals surface area (Å²) in [6.45, 7) is -0.142. The number of hydrogen-bond donors (Lipinski definition) is 2. The number of thiazole rings is 1. The van der Waals surface area contributed by atoms with Crippen molar-refractivity contribution in [1.29, 1.82) is 0 Å². The second-order valence-electron chi connectivity index (χ2n) is 4.99. The van der Waals surface area contributed by atoms with Crippen LogP contribution in [0, 0.1) is 12.7 Å². The highest BCUT2D eigenvalue weighted by Crippen LogP contribution is 2.26. The Morgan fingerprint density at radius 3 is 2.60 bits per heavy atom. The third kappa shape index (κ3) is 4.47. The van der Waals surface area contributed by atoms with Crippen molar-refractivity contribution >= 4 is 23.2 Å². The van der Waals surface area contributed by atoms with Gasteiger partial charge >= 0.3 is 12.6 Å². The molecule has 1 aromatic carbocycles. The van der Waals surface area contributed by atoms with E-state index in [1.54, 1.807) is 6.92 Å². The van der Waals surface area contributed by atoms with Crippen LogP contribution < -0.4 is 10.1 Å². The van der Waals surface area contributed by atoms with E-state index in [9.17, 15) is 22.8 Å². The highest BCUT2D eigenvalue weighted by molar-refractivity contribution is 7.13. The number of aryl methyl sites for hydroxylation is 1. The smallest absolute Gasteiger partial charge is 0.387 e. The lowest BCUT2D eigenvalue weighted by atomic mass is 10.1. The standard InChI is InChI=1S/C15H13F3N2O4S/c1-6-11(14(22)23)25-13(20-6)7(2)19-12(21)9-4-3-8(16)5-10(9)24-15(17)18/h3-5,7,15H,1-2H3,(H,19,21)(H,22,23). The number of halogens is 3. The molecule has 0 fully saturated rings. The van der Waals surface area contributed by atoms with Crippen molar-refractivity contribution in [2.75, 3.05) is 0 Å². The zero-order valence-corrected chi connectivity index (χ0v) is 13.9. The molecule has 134 valence electrons. The molecule has 0 aliphatic heterocycles. The molecule has 1 unspecified atom stereocenters. The number of carbonyl (C=O) groups excluding carboxylic acids is 1. The number of alkyl halides is 2. The van der Waals surface area contributed by atoms with Crippen LogP contribution in [0.25, 0.3) is 0 Å². The van der Waals surface area contributed by atoms with E-state index in [1.165, 1.54) is 6.92 Å². The lowest BCUT2D eigenvalue weighted by molar-refractivity contribution is -0.0503. The van der Waals surface area contributed by atoms with Crippen LogP contribution >= 0.6 is 11.3 Å². The summed E-state index contributed by atoms with van der Waals surface area (Å²) in [4.78, 5) is 27.4. The number of nitrogens with zero attached hydrogens (tertiary/aromatic N) is 1. The normalized spacial score (nSPS) is 12.1. The Balaban J connectivity index is 2.22. The number of rotatable bonds is 6. The van der Waals surface area contributed by atoms with Gasteiger partial charge in [0.15, 0.2) is 0 Å². The lowest BCUT2D eigenvalue weighted by Gasteiger charge is -2.14. The predicted molar refractivity (Wildman–Crippen MR) is 82.7 cm³/mol. The molecule has 1 aromatic heterocycles. The molecule has 2 N–H and O–H groups in total. The van der Waals surface area contributed by atoms with E-state index in [4.69, 9.17) is 5.11 Å². The maximum atomic E-state index is 13.2. The fraction of sp³-hybridized carbons (Fsp3) is 0.267. The molecule has 25 heavy (non-hydrogen) atoms. The summed E-state index contributed by atoms with van der Waals surface area (Å²) < 4.78 is 42.2. The van der Waals surface area contributed by atoms with Crippen LogP contribution in [0.5, 0.6) is 5.75 Å². The van der Waals surface area contributed by atoms with E-state index in [1.807, 2.05) is 0 Å². The zero-order valence-electron chi connectivity index (χ0n) is 13.0. The summed E-state index contributed by atoms with van der Waals surface area (Å²) in [5.41, 5.74) is 0.0254. The average Bonchev–Trinajstić information content (AvgIpc) is 2.88. The van der Waals surface area contributed by atoms with Crippen molar-refractivity contribution in [1.82, 2.24) is 10.3 Å². The van der Waals surface area contributed by atoms with Gasteiger partial charge < -0.3 is 15.2 Å². The molecule has 0 saturated heterocycles. The molecule has 0 spiro atoms. The number of ether oxygens (including phenoxy) is 1. The Bertz CT molecular complexity index is 810. The van der Waals surface area contributed by atoms with Gasteiger partial charge in [-0.05, 0) is 26.0 Å². The number of aromatic carboxylic acids is 1. The summed E-state index contributed by atoms with van der Waals surface area (Å²) in [6.07, 6.45) is 0. The summed E-state index contributed by atoms with van der Waals surface area (Å²) in [5, 5.41) is 11.9. The molecule has 1 heterocycles. The van der Waals surface area contributed by atoms with E-state index < -0.39 is 36.1 Å². The molecule has 0 aliphatic carbocycles. The third-order valence-corrected chi connectivity index (χ3v) is 4.46. The first-order valence-corrected chi connectivity index (χ1v) is 7.76. The van der Waals surface area contributed by atoms with Gasteiger partial charge in [0.1, 0.15) is 21.5 Å². The zero-order chi connectivity index (χ0) is 18.7. The molecular formula is C15H13F3N2O4S. The van der Waals surface area contributed by atoms with E-state index in [-0.39, 0.29) is 10.4 Å². The van der Waals surface area contributed by atoms with Gasteiger partial charge in [-0.2, -0.15) is 8.78 Å². The van der Waals surface area contributed by atoms with Gasteiger partial charge in [0.25, 0.3) is 5.91 Å². The molecule has 0 bridgehead atoms. The summed E-state index contributed by atoms with van der Waals surface area (Å²) in [7, 11) is 0. The average molecular weight is 374 g/mol. The van der Waals surface area contributed by atoms with Gasteiger partial charge in [-0.15, -0.1) is 11.3 Å². The first-order chi connectivity index (χ1) is 11.7. The Labute approximate surface area is 144 Å². The SMILES string of the molecule is Cc1nc(C(C)NC(=O)c2ccc(F)cc2OC(F)F)sc1C(=O)O. The Kier molecular flexibility index (Phi) is 5.62. The number of aromatic nitrogens is 1. The number of amides is 1. The van der Waals surface area contributed by atoms with E-state index in [2.05, 4.69) is 15.0 Å². The number of carboxylic acids is 1. The lowest BCUT2D eigenvalue weighted by Crippen LogP contribution is -2.27. The Hall–Kier alpha value is -2.62. The second-order valence-corrected chi connectivity index (χ2v) is 6.02. The minimum Gasteiger partial charge on any atom is -0.477 e. The number of carboxylic acid groups (broad SMARTS) is 1. The van der Waals surface area contributed by atoms with Gasteiger partial charge in [-0.1, -0.05) is 0 Å². The molecule has 1 atom stereocenters. The summed E-state index contributed by atoms with van der Waals surface area (Å²) >= 11 is 0.894. The first-order valence-electron chi connectivity index (χ1n) is 6.95. The third-order valence-electron chi connectivity index (χ3n) is 3.13. The highest BCUT2D eigenvalue weighted by atomic mass is 32.1. The van der Waals surface area contributed by atoms with Crippen LogP contribution in [-0.4, -0.2) is 28.6 Å². The maximum Gasteiger partial charge on any atom is 0.387 e. The first kappa shape index (κ1) is 18.7. The minimum absolute atomic E-state index is 0.0413. The summed E-state index contributed by atoms with van der Waals surface area (Å²) in [6, 6.07) is 1.95. The van der Waals surface area contributed by atoms with Gasteiger partial charge in [0.05, 0.1) is 17.3 Å². The molecule has 6 nitrogen and oxygen atoms in total. The highest BCUT2D eigenvalue weighted by Gasteiger charge is 2.22. The molecule has 1 amide bonds. The fourth-order valence-electron chi connectivity index (χ4n) is 2.01. The molecule has 2 rings (SSSR count). The number of benzene rings is 1. The van der Waals surface area contributed by atoms with Crippen molar-refractivity contribution in [3.05, 3.63) is 45.2 Å². The van der Waals surface area contributed by atoms with Crippen LogP contribution in [0.15, 0.2) is 18.2 Å². The molecule has 10 heteroatoms. The molecular weight excluding hydrogens is 361 g/mol. The number of hydrogen-bond acceptors (Lipinski definition) is 5. The summed E-state index contributed by atoms with van der Waals surface area (Å²) in [5.74, 6) is -3.35. The maximum absolute atomic E-state index is 13.2. The predicted octanol–water partition coefficient (Wildman–Crippen LogP) is 3.38. The van der Waals surface area contributed by atoms with Gasteiger partial charge in [-0.3, -0.25) is 4.79 Å². The fourth-order valence-corrected chi connectivity index (χ4v) is 2.92. The van der Waals surface area contributed by atoms with Crippen LogP contribution in [0.4, 0.5) is 13.2 Å². The van der Waals surface area contributed by atoms with Crippen molar-refractivity contribution in [2.45, 2.75) is 26.5 Å². The molecule has 0 radical (unpaired) electrons. The monoisotopic (exact) mass is 374 g/mol. The van der Waals surface area contributed by atoms with E-state index >= 15 is 0 Å². The number of carbonyl (C=O) groups is 2. The largest absolute Gasteiger partial charge is 0.477 e. The number of nitrogens with one attached hydrogen (secondary N) is 1. The van der Waals surface area contributed by atoms with Gasteiger partial charge in [0, 0.05) is 6.07 Å². The van der Waals surface area contributed by atoms with Gasteiger partial charge in [0.2, 0.25) is 0 Å². The minimum atomic E-state index is -3.22. The second kappa shape index (κ2) is 7.51. The van der Waals surface area contributed by atoms with Gasteiger partial charge in [-0.25, -0.2) is 14.2 Å². The molecule has 2 aromatic rings. The van der Waals surface area contributed by atoms with Crippen LogP contribution in [-0.2, 0) is 0 Å². The van der Waals surface area contributed by atoms with Crippen molar-refractivity contribution < 1.29 is 32.6 Å².